The highest BCUT2D eigenvalue weighted by molar-refractivity contribution is 5.68. The molecule has 1 saturated heterocycles. The maximum absolute atomic E-state index is 11.6. The summed E-state index contributed by atoms with van der Waals surface area (Å²) in [6.45, 7) is 4.17. The van der Waals surface area contributed by atoms with Crippen LogP contribution in [0.3, 0.4) is 0 Å². The van der Waals surface area contributed by atoms with E-state index in [-0.39, 0.29) is 26.2 Å². The molecule has 11 nitrogen and oxygen atoms in total. The van der Waals surface area contributed by atoms with E-state index < -0.39 is 54.6 Å². The normalized spacial score (nSPS) is 26.8. The molecule has 0 aliphatic carbocycles. The summed E-state index contributed by atoms with van der Waals surface area (Å²) >= 11 is 0. The molecule has 0 aromatic carbocycles. The van der Waals surface area contributed by atoms with Gasteiger partial charge in [-0.3, -0.25) is 19.2 Å². The number of rotatable bonds is 9. The van der Waals surface area contributed by atoms with Crippen LogP contribution < -0.4 is 0 Å². The Morgan fingerprint density at radius 3 is 1.86 bits per heavy atom. The number of carbonyl (C=O) groups excluding carboxylic acids is 4. The van der Waals surface area contributed by atoms with Crippen LogP contribution in [0.5, 0.6) is 0 Å². The van der Waals surface area contributed by atoms with E-state index in [2.05, 4.69) is 0 Å². The Balaban J connectivity index is 3.21. The number of esters is 4. The molecule has 0 aromatic rings. The number of hydrogen-bond donors (Lipinski definition) is 1. The van der Waals surface area contributed by atoms with E-state index >= 15 is 0 Å². The largest absolute Gasteiger partial charge is 0.463 e. The Bertz CT molecular complexity index is 561. The minimum Gasteiger partial charge on any atom is -0.463 e. The minimum absolute atomic E-state index is 0.0459. The molecule has 0 spiro atoms. The van der Waals surface area contributed by atoms with Gasteiger partial charge in [0.15, 0.2) is 24.6 Å². The molecule has 0 saturated carbocycles. The van der Waals surface area contributed by atoms with E-state index in [9.17, 15) is 19.2 Å². The summed E-state index contributed by atoms with van der Waals surface area (Å²) in [7, 11) is 0. The zero-order valence-electron chi connectivity index (χ0n) is 16.2. The number of aliphatic hydroxyl groups excluding tert-OH is 1. The first kappa shape index (κ1) is 23.8. The van der Waals surface area contributed by atoms with Crippen LogP contribution in [0.15, 0.2) is 0 Å². The molecule has 0 bridgehead atoms. The standard InChI is InChI=1S/C17H26O11/c1-9(19)24-8-13-14(25-10(2)20)15(26-11(3)21)16(27-12(4)22)17(28-13)23-7-5-6-18/h13-18H,5-8H2,1-4H3/t13?,14-,15?,16-,17+/m1/s1. The summed E-state index contributed by atoms with van der Waals surface area (Å²) in [5, 5.41) is 8.93. The summed E-state index contributed by atoms with van der Waals surface area (Å²) in [4.78, 5) is 45.9. The van der Waals surface area contributed by atoms with E-state index in [0.29, 0.717) is 0 Å². The predicted octanol–water partition coefficient (Wildman–Crippen LogP) is -0.531. The Kier molecular flexibility index (Phi) is 9.83. The molecular formula is C17H26O11. The van der Waals surface area contributed by atoms with Gasteiger partial charge < -0.3 is 33.5 Å². The van der Waals surface area contributed by atoms with Gasteiger partial charge in [0.2, 0.25) is 0 Å². The quantitative estimate of drug-likeness (QED) is 0.300. The van der Waals surface area contributed by atoms with E-state index in [4.69, 9.17) is 33.5 Å². The van der Waals surface area contributed by atoms with Crippen molar-refractivity contribution >= 4 is 23.9 Å². The fourth-order valence-corrected chi connectivity index (χ4v) is 2.59. The zero-order chi connectivity index (χ0) is 21.3. The maximum Gasteiger partial charge on any atom is 0.303 e. The highest BCUT2D eigenvalue weighted by atomic mass is 16.7. The Labute approximate surface area is 162 Å². The fourth-order valence-electron chi connectivity index (χ4n) is 2.59. The van der Waals surface area contributed by atoms with Crippen molar-refractivity contribution in [2.75, 3.05) is 19.8 Å². The number of aliphatic hydroxyl groups is 1. The molecule has 1 N–H and O–H groups in total. The van der Waals surface area contributed by atoms with Gasteiger partial charge in [-0.2, -0.15) is 0 Å². The van der Waals surface area contributed by atoms with Gasteiger partial charge >= 0.3 is 23.9 Å². The first-order valence-corrected chi connectivity index (χ1v) is 8.68. The van der Waals surface area contributed by atoms with Crippen LogP contribution in [-0.2, 0) is 47.6 Å². The average Bonchev–Trinajstić information content (AvgIpc) is 2.57. The van der Waals surface area contributed by atoms with Gasteiger partial charge in [-0.05, 0) is 6.42 Å². The monoisotopic (exact) mass is 406 g/mol. The second-order valence-corrected chi connectivity index (χ2v) is 6.02. The molecule has 1 heterocycles. The molecule has 1 aliphatic heterocycles. The van der Waals surface area contributed by atoms with Gasteiger partial charge in [-0.1, -0.05) is 0 Å². The van der Waals surface area contributed by atoms with Gasteiger partial charge in [-0.25, -0.2) is 0 Å². The van der Waals surface area contributed by atoms with Crippen LogP contribution in [0.25, 0.3) is 0 Å². The first-order chi connectivity index (χ1) is 13.1. The van der Waals surface area contributed by atoms with Crippen molar-refractivity contribution in [3.05, 3.63) is 0 Å². The Morgan fingerprint density at radius 1 is 0.821 bits per heavy atom. The molecule has 160 valence electrons. The topological polar surface area (TPSA) is 144 Å². The molecular weight excluding hydrogens is 380 g/mol. The van der Waals surface area contributed by atoms with Crippen LogP contribution in [0.4, 0.5) is 0 Å². The van der Waals surface area contributed by atoms with Crippen LogP contribution in [0.1, 0.15) is 34.1 Å². The lowest BCUT2D eigenvalue weighted by Crippen LogP contribution is -2.63. The van der Waals surface area contributed by atoms with Crippen molar-refractivity contribution in [3.63, 3.8) is 0 Å². The highest BCUT2D eigenvalue weighted by Gasteiger charge is 2.52. The summed E-state index contributed by atoms with van der Waals surface area (Å²) in [6, 6.07) is 0. The molecule has 1 aliphatic rings. The average molecular weight is 406 g/mol. The van der Waals surface area contributed by atoms with E-state index in [1.807, 2.05) is 0 Å². The molecule has 0 aromatic heterocycles. The molecule has 11 heteroatoms. The highest BCUT2D eigenvalue weighted by Crippen LogP contribution is 2.30. The van der Waals surface area contributed by atoms with Crippen molar-refractivity contribution in [2.24, 2.45) is 0 Å². The summed E-state index contributed by atoms with van der Waals surface area (Å²) in [5.74, 6) is -2.74. The molecule has 1 fully saturated rings. The third-order valence-corrected chi connectivity index (χ3v) is 3.53. The molecule has 2 unspecified atom stereocenters. The SMILES string of the molecule is CC(=O)OCC1O[C@H](OCCCO)[C@H](OC(C)=O)C(OC(C)=O)[C@@H]1OC(C)=O. The summed E-state index contributed by atoms with van der Waals surface area (Å²) in [5.41, 5.74) is 0. The van der Waals surface area contributed by atoms with Crippen molar-refractivity contribution in [1.29, 1.82) is 0 Å². The molecule has 0 radical (unpaired) electrons. The number of ether oxygens (including phenoxy) is 6. The van der Waals surface area contributed by atoms with Crippen molar-refractivity contribution in [2.45, 2.75) is 64.8 Å². The van der Waals surface area contributed by atoms with E-state index in [0.717, 1.165) is 20.8 Å². The van der Waals surface area contributed by atoms with Gasteiger partial charge in [0.1, 0.15) is 12.7 Å². The minimum atomic E-state index is -1.27. The van der Waals surface area contributed by atoms with Crippen molar-refractivity contribution < 1.29 is 52.7 Å². The first-order valence-electron chi connectivity index (χ1n) is 8.68. The van der Waals surface area contributed by atoms with Crippen LogP contribution >= 0.6 is 0 Å². The van der Waals surface area contributed by atoms with Crippen LogP contribution in [-0.4, -0.2) is 79.5 Å². The smallest absolute Gasteiger partial charge is 0.303 e. The molecule has 28 heavy (non-hydrogen) atoms. The third kappa shape index (κ3) is 7.79. The lowest BCUT2D eigenvalue weighted by Gasteiger charge is -2.44. The Morgan fingerprint density at radius 2 is 1.36 bits per heavy atom. The van der Waals surface area contributed by atoms with Gasteiger partial charge in [-0.15, -0.1) is 0 Å². The van der Waals surface area contributed by atoms with E-state index in [1.165, 1.54) is 6.92 Å². The Hall–Kier alpha value is -2.24. The lowest BCUT2D eigenvalue weighted by molar-refractivity contribution is -0.308. The zero-order valence-corrected chi connectivity index (χ0v) is 16.2. The van der Waals surface area contributed by atoms with Crippen molar-refractivity contribution in [1.82, 2.24) is 0 Å². The summed E-state index contributed by atoms with van der Waals surface area (Å²) < 4.78 is 31.8. The summed E-state index contributed by atoms with van der Waals surface area (Å²) in [6.07, 6.45) is -5.73. The predicted molar refractivity (Wildman–Crippen MR) is 89.6 cm³/mol. The second kappa shape index (κ2) is 11.6. The van der Waals surface area contributed by atoms with Crippen LogP contribution in [0, 0.1) is 0 Å². The van der Waals surface area contributed by atoms with Crippen molar-refractivity contribution in [3.8, 4) is 0 Å². The maximum atomic E-state index is 11.6. The number of hydrogen-bond acceptors (Lipinski definition) is 11. The van der Waals surface area contributed by atoms with Gasteiger partial charge in [0.25, 0.3) is 0 Å². The molecule has 1 rings (SSSR count). The third-order valence-electron chi connectivity index (χ3n) is 3.53. The number of carbonyl (C=O) groups is 4. The van der Waals surface area contributed by atoms with Crippen LogP contribution in [0.2, 0.25) is 0 Å². The fraction of sp³-hybridized carbons (Fsp3) is 0.765. The second-order valence-electron chi connectivity index (χ2n) is 6.02. The van der Waals surface area contributed by atoms with Gasteiger partial charge in [0, 0.05) is 34.3 Å². The molecule has 5 atom stereocenters. The lowest BCUT2D eigenvalue weighted by atomic mass is 9.98. The van der Waals surface area contributed by atoms with Gasteiger partial charge in [0.05, 0.1) is 6.61 Å². The molecule has 0 amide bonds. The van der Waals surface area contributed by atoms with E-state index in [1.54, 1.807) is 0 Å².